The van der Waals surface area contributed by atoms with Crippen LogP contribution in [0.2, 0.25) is 0 Å². The number of fused-ring (bicyclic) bond motifs is 1. The molecular formula is C29H37N5O2. The van der Waals surface area contributed by atoms with Crippen molar-refractivity contribution in [3.05, 3.63) is 54.5 Å². The number of amides is 2. The zero-order valence-corrected chi connectivity index (χ0v) is 21.3. The molecule has 190 valence electrons. The van der Waals surface area contributed by atoms with Crippen molar-refractivity contribution in [2.24, 2.45) is 5.92 Å². The van der Waals surface area contributed by atoms with E-state index in [1.807, 2.05) is 42.5 Å². The number of hydrogen-bond donors (Lipinski definition) is 3. The molecular weight excluding hydrogens is 450 g/mol. The van der Waals surface area contributed by atoms with E-state index in [2.05, 4.69) is 38.8 Å². The van der Waals surface area contributed by atoms with Crippen molar-refractivity contribution in [1.29, 1.82) is 0 Å². The van der Waals surface area contributed by atoms with Crippen LogP contribution in [0.25, 0.3) is 22.0 Å². The fourth-order valence-corrected chi connectivity index (χ4v) is 5.91. The first-order chi connectivity index (χ1) is 17.6. The maximum atomic E-state index is 14.0. The fraction of sp³-hybridized carbons (Fsp3) is 0.483. The molecule has 7 nitrogen and oxygen atoms in total. The van der Waals surface area contributed by atoms with Gasteiger partial charge in [-0.3, -0.25) is 14.6 Å². The van der Waals surface area contributed by atoms with Gasteiger partial charge in [-0.1, -0.05) is 37.5 Å². The third-order valence-corrected chi connectivity index (χ3v) is 8.09. The first-order valence-electron chi connectivity index (χ1n) is 13.4. The SMILES string of the molecule is CNC(C)C(=O)NC(C(=O)N1CCCC1c1cncc(-c2c[nH]c3ccccc23)c1)C1CCCCC1. The number of H-pyrrole nitrogens is 1. The van der Waals surface area contributed by atoms with Crippen molar-refractivity contribution in [1.82, 2.24) is 25.5 Å². The van der Waals surface area contributed by atoms with E-state index in [0.29, 0.717) is 6.54 Å². The maximum Gasteiger partial charge on any atom is 0.245 e. The lowest BCUT2D eigenvalue weighted by atomic mass is 9.83. The lowest BCUT2D eigenvalue weighted by molar-refractivity contribution is -0.139. The summed E-state index contributed by atoms with van der Waals surface area (Å²) in [6, 6.07) is 9.59. The van der Waals surface area contributed by atoms with Crippen LogP contribution in [-0.4, -0.2) is 52.4 Å². The molecule has 0 bridgehead atoms. The topological polar surface area (TPSA) is 90.1 Å². The zero-order valence-electron chi connectivity index (χ0n) is 21.3. The molecule has 0 radical (unpaired) electrons. The molecule has 1 aliphatic heterocycles. The van der Waals surface area contributed by atoms with Crippen molar-refractivity contribution in [3.63, 3.8) is 0 Å². The molecule has 36 heavy (non-hydrogen) atoms. The normalized spacial score (nSPS) is 20.4. The van der Waals surface area contributed by atoms with E-state index in [4.69, 9.17) is 0 Å². The predicted molar refractivity (Wildman–Crippen MR) is 142 cm³/mol. The summed E-state index contributed by atoms with van der Waals surface area (Å²) >= 11 is 0. The van der Waals surface area contributed by atoms with Crippen molar-refractivity contribution >= 4 is 22.7 Å². The van der Waals surface area contributed by atoms with E-state index in [-0.39, 0.29) is 29.8 Å². The summed E-state index contributed by atoms with van der Waals surface area (Å²) in [7, 11) is 1.77. The minimum atomic E-state index is -0.473. The summed E-state index contributed by atoms with van der Waals surface area (Å²) in [5.74, 6) is 0.134. The Morgan fingerprint density at radius 2 is 1.89 bits per heavy atom. The van der Waals surface area contributed by atoms with Gasteiger partial charge in [-0.25, -0.2) is 0 Å². The summed E-state index contributed by atoms with van der Waals surface area (Å²) in [4.78, 5) is 36.8. The van der Waals surface area contributed by atoms with Crippen LogP contribution in [0.5, 0.6) is 0 Å². The lowest BCUT2D eigenvalue weighted by Crippen LogP contribution is -2.55. The second-order valence-electron chi connectivity index (χ2n) is 10.3. The minimum Gasteiger partial charge on any atom is -0.361 e. The van der Waals surface area contributed by atoms with Gasteiger partial charge in [-0.05, 0) is 63.3 Å². The Hall–Kier alpha value is -3.19. The number of para-hydroxylation sites is 1. The van der Waals surface area contributed by atoms with E-state index in [1.165, 1.54) is 6.42 Å². The zero-order chi connectivity index (χ0) is 25.1. The molecule has 3 aromatic rings. The van der Waals surface area contributed by atoms with Crippen molar-refractivity contribution < 1.29 is 9.59 Å². The number of nitrogens with zero attached hydrogens (tertiary/aromatic N) is 2. The number of rotatable bonds is 7. The number of aromatic amines is 1. The molecule has 2 aliphatic rings. The Bertz CT molecular complexity index is 1220. The molecule has 5 rings (SSSR count). The van der Waals surface area contributed by atoms with E-state index in [1.54, 1.807) is 7.05 Å². The number of likely N-dealkylation sites (tertiary alicyclic amines) is 1. The van der Waals surface area contributed by atoms with E-state index in [0.717, 1.165) is 66.1 Å². The Morgan fingerprint density at radius 1 is 1.08 bits per heavy atom. The summed E-state index contributed by atoms with van der Waals surface area (Å²) in [5.41, 5.74) is 4.31. The number of nitrogens with one attached hydrogen (secondary N) is 3. The Kier molecular flexibility index (Phi) is 7.37. The van der Waals surface area contributed by atoms with Gasteiger partial charge in [0.05, 0.1) is 12.1 Å². The highest BCUT2D eigenvalue weighted by molar-refractivity contribution is 5.95. The monoisotopic (exact) mass is 487 g/mol. The Morgan fingerprint density at radius 3 is 2.69 bits per heavy atom. The Labute approximate surface area is 213 Å². The number of benzene rings is 1. The van der Waals surface area contributed by atoms with Gasteiger partial charge in [-0.2, -0.15) is 0 Å². The fourth-order valence-electron chi connectivity index (χ4n) is 5.91. The van der Waals surface area contributed by atoms with E-state index in [9.17, 15) is 9.59 Å². The van der Waals surface area contributed by atoms with Gasteiger partial charge < -0.3 is 20.5 Å². The molecule has 2 fully saturated rings. The van der Waals surface area contributed by atoms with Crippen LogP contribution < -0.4 is 10.6 Å². The summed E-state index contributed by atoms with van der Waals surface area (Å²) in [6.07, 6.45) is 13.1. The molecule has 2 amide bonds. The van der Waals surface area contributed by atoms with Crippen LogP contribution in [0.1, 0.15) is 63.5 Å². The highest BCUT2D eigenvalue weighted by atomic mass is 16.2. The number of likely N-dealkylation sites (N-methyl/N-ethyl adjacent to an activating group) is 1. The second-order valence-corrected chi connectivity index (χ2v) is 10.3. The number of carbonyl (C=O) groups excluding carboxylic acids is 2. The first kappa shape index (κ1) is 24.5. The minimum absolute atomic E-state index is 0.0279. The second kappa shape index (κ2) is 10.8. The van der Waals surface area contributed by atoms with E-state index < -0.39 is 6.04 Å². The molecule has 3 atom stereocenters. The van der Waals surface area contributed by atoms with Crippen LogP contribution in [0.4, 0.5) is 0 Å². The van der Waals surface area contributed by atoms with Crippen molar-refractivity contribution in [2.45, 2.75) is 70.0 Å². The molecule has 3 heterocycles. The molecule has 3 unspecified atom stereocenters. The van der Waals surface area contributed by atoms with Crippen molar-refractivity contribution in [2.75, 3.05) is 13.6 Å². The van der Waals surface area contributed by atoms with Crippen LogP contribution in [-0.2, 0) is 9.59 Å². The van der Waals surface area contributed by atoms with Gasteiger partial charge in [0.1, 0.15) is 6.04 Å². The molecule has 1 saturated heterocycles. The summed E-state index contributed by atoms with van der Waals surface area (Å²) in [5, 5.41) is 7.29. The van der Waals surface area contributed by atoms with Crippen molar-refractivity contribution in [3.8, 4) is 11.1 Å². The highest BCUT2D eigenvalue weighted by Gasteiger charge is 2.39. The van der Waals surface area contributed by atoms with Gasteiger partial charge in [-0.15, -0.1) is 0 Å². The van der Waals surface area contributed by atoms with Crippen LogP contribution >= 0.6 is 0 Å². The molecule has 3 N–H and O–H groups in total. The lowest BCUT2D eigenvalue weighted by Gasteiger charge is -2.35. The first-order valence-corrected chi connectivity index (χ1v) is 13.4. The Balaban J connectivity index is 1.41. The summed E-state index contributed by atoms with van der Waals surface area (Å²) in [6.45, 7) is 2.54. The molecule has 1 aliphatic carbocycles. The number of pyridine rings is 1. The third kappa shape index (κ3) is 4.89. The number of hydrogen-bond acceptors (Lipinski definition) is 4. The molecule has 0 spiro atoms. The molecule has 1 aromatic carbocycles. The largest absolute Gasteiger partial charge is 0.361 e. The average Bonchev–Trinajstić information content (AvgIpc) is 3.59. The van der Waals surface area contributed by atoms with E-state index >= 15 is 0 Å². The van der Waals surface area contributed by atoms with Gasteiger partial charge in [0.25, 0.3) is 0 Å². The van der Waals surface area contributed by atoms with Gasteiger partial charge in [0, 0.05) is 47.2 Å². The third-order valence-electron chi connectivity index (χ3n) is 8.09. The average molecular weight is 488 g/mol. The van der Waals surface area contributed by atoms with Crippen LogP contribution in [0, 0.1) is 5.92 Å². The van der Waals surface area contributed by atoms with Gasteiger partial charge in [0.2, 0.25) is 11.8 Å². The molecule has 1 saturated carbocycles. The van der Waals surface area contributed by atoms with Crippen LogP contribution in [0.15, 0.2) is 48.9 Å². The van der Waals surface area contributed by atoms with Gasteiger partial charge in [0.15, 0.2) is 0 Å². The standard InChI is InChI=1S/C29H37N5O2/c1-19(30-2)28(35)33-27(20-9-4-3-5-10-20)29(36)34-14-8-13-26(34)22-15-21(16-31-17-22)24-18-32-25-12-7-6-11-23(24)25/h6-7,11-12,15-20,26-27,30,32H,3-5,8-10,13-14H2,1-2H3,(H,33,35). The predicted octanol–water partition coefficient (Wildman–Crippen LogP) is 4.57. The van der Waals surface area contributed by atoms with Gasteiger partial charge >= 0.3 is 0 Å². The van der Waals surface area contributed by atoms with Crippen LogP contribution in [0.3, 0.4) is 0 Å². The number of carbonyl (C=O) groups is 2. The maximum absolute atomic E-state index is 14.0. The highest BCUT2D eigenvalue weighted by Crippen LogP contribution is 2.37. The molecule has 7 heteroatoms. The number of aromatic nitrogens is 2. The quantitative estimate of drug-likeness (QED) is 0.456. The molecule has 2 aromatic heterocycles. The smallest absolute Gasteiger partial charge is 0.245 e. The summed E-state index contributed by atoms with van der Waals surface area (Å²) < 4.78 is 0.